The van der Waals surface area contributed by atoms with E-state index in [2.05, 4.69) is 13.2 Å². The Kier molecular flexibility index (Phi) is 5.46. The van der Waals surface area contributed by atoms with Crippen LogP contribution in [0.2, 0.25) is 0 Å². The molecule has 1 unspecified atom stereocenters. The first-order chi connectivity index (χ1) is 7.27. The number of hydrogen-bond donors (Lipinski definition) is 2. The van der Waals surface area contributed by atoms with Gasteiger partial charge in [0, 0.05) is 17.1 Å². The van der Waals surface area contributed by atoms with Crippen LogP contribution in [0.3, 0.4) is 0 Å². The number of nitrogens with zero attached hydrogens (tertiary/aromatic N) is 1. The maximum Gasteiger partial charge on any atom is 0.331 e. The van der Waals surface area contributed by atoms with Crippen molar-refractivity contribution < 1.29 is 14.7 Å². The standard InChI is InChI=1S/C11H18N2O3/c1-7(10(12)14)9(5-6-13(3)4)8(2)11(15)16/h9H,1-2,5-6H2,3-4H3,(H2,12,14)(H,15,16). The molecule has 16 heavy (non-hydrogen) atoms. The summed E-state index contributed by atoms with van der Waals surface area (Å²) in [6, 6.07) is 0. The van der Waals surface area contributed by atoms with Crippen molar-refractivity contribution >= 4 is 11.9 Å². The molecule has 0 fully saturated rings. The minimum atomic E-state index is -1.13. The average molecular weight is 226 g/mol. The first-order valence-electron chi connectivity index (χ1n) is 4.82. The van der Waals surface area contributed by atoms with Gasteiger partial charge in [0.1, 0.15) is 0 Å². The molecule has 0 aliphatic carbocycles. The van der Waals surface area contributed by atoms with Crippen molar-refractivity contribution in [3.05, 3.63) is 24.3 Å². The molecule has 0 aliphatic rings. The fourth-order valence-electron chi connectivity index (χ4n) is 1.27. The number of rotatable bonds is 7. The van der Waals surface area contributed by atoms with E-state index >= 15 is 0 Å². The van der Waals surface area contributed by atoms with Crippen LogP contribution in [0.4, 0.5) is 0 Å². The van der Waals surface area contributed by atoms with Crippen molar-refractivity contribution in [1.29, 1.82) is 0 Å². The predicted octanol–water partition coefficient (Wildman–Crippen LogP) is 0.237. The van der Waals surface area contributed by atoms with Gasteiger partial charge in [-0.05, 0) is 27.1 Å². The Morgan fingerprint density at radius 2 is 1.81 bits per heavy atom. The Labute approximate surface area is 95.2 Å². The molecule has 0 aromatic rings. The molecule has 1 amide bonds. The fourth-order valence-corrected chi connectivity index (χ4v) is 1.27. The van der Waals surface area contributed by atoms with E-state index in [1.165, 1.54) is 0 Å². The first-order valence-corrected chi connectivity index (χ1v) is 4.82. The molecule has 0 aliphatic heterocycles. The zero-order chi connectivity index (χ0) is 12.9. The molecule has 5 heteroatoms. The number of hydrogen-bond acceptors (Lipinski definition) is 3. The van der Waals surface area contributed by atoms with Crippen molar-refractivity contribution in [1.82, 2.24) is 4.90 Å². The van der Waals surface area contributed by atoms with Crippen LogP contribution in [0.15, 0.2) is 24.3 Å². The van der Waals surface area contributed by atoms with Crippen LogP contribution in [0, 0.1) is 5.92 Å². The lowest BCUT2D eigenvalue weighted by molar-refractivity contribution is -0.133. The van der Waals surface area contributed by atoms with Crippen LogP contribution < -0.4 is 5.73 Å². The van der Waals surface area contributed by atoms with Crippen LogP contribution in [0.1, 0.15) is 6.42 Å². The zero-order valence-corrected chi connectivity index (χ0v) is 9.69. The molecule has 90 valence electrons. The number of carboxylic acid groups (broad SMARTS) is 1. The normalized spacial score (nSPS) is 12.2. The van der Waals surface area contributed by atoms with E-state index in [1.54, 1.807) is 0 Å². The van der Waals surface area contributed by atoms with Gasteiger partial charge in [-0.1, -0.05) is 13.2 Å². The summed E-state index contributed by atoms with van der Waals surface area (Å²) in [4.78, 5) is 23.7. The predicted molar refractivity (Wildman–Crippen MR) is 61.8 cm³/mol. The molecule has 0 saturated heterocycles. The van der Waals surface area contributed by atoms with Crippen LogP contribution in [-0.2, 0) is 9.59 Å². The van der Waals surface area contributed by atoms with E-state index in [4.69, 9.17) is 10.8 Å². The summed E-state index contributed by atoms with van der Waals surface area (Å²) in [5.41, 5.74) is 5.14. The van der Waals surface area contributed by atoms with Crippen molar-refractivity contribution in [2.45, 2.75) is 6.42 Å². The van der Waals surface area contributed by atoms with Gasteiger partial charge in [0.05, 0.1) is 0 Å². The highest BCUT2D eigenvalue weighted by Gasteiger charge is 2.24. The summed E-state index contributed by atoms with van der Waals surface area (Å²) in [5, 5.41) is 8.84. The summed E-state index contributed by atoms with van der Waals surface area (Å²) in [6.07, 6.45) is 0.458. The SMILES string of the molecule is C=C(C(N)=O)C(CCN(C)C)C(=C)C(=O)O. The number of amides is 1. The third-order valence-corrected chi connectivity index (χ3v) is 2.30. The lowest BCUT2D eigenvalue weighted by Crippen LogP contribution is -2.26. The van der Waals surface area contributed by atoms with E-state index in [0.29, 0.717) is 13.0 Å². The Morgan fingerprint density at radius 3 is 2.12 bits per heavy atom. The van der Waals surface area contributed by atoms with E-state index in [9.17, 15) is 9.59 Å². The highest BCUT2D eigenvalue weighted by atomic mass is 16.4. The number of primary amides is 1. The minimum Gasteiger partial charge on any atom is -0.478 e. The number of carboxylic acids is 1. The highest BCUT2D eigenvalue weighted by Crippen LogP contribution is 2.22. The second kappa shape index (κ2) is 6.07. The van der Waals surface area contributed by atoms with Crippen LogP contribution >= 0.6 is 0 Å². The lowest BCUT2D eigenvalue weighted by Gasteiger charge is -2.19. The van der Waals surface area contributed by atoms with Gasteiger partial charge < -0.3 is 15.7 Å². The van der Waals surface area contributed by atoms with Crippen LogP contribution in [-0.4, -0.2) is 42.5 Å². The molecule has 0 heterocycles. The summed E-state index contributed by atoms with van der Waals surface area (Å²) >= 11 is 0. The molecule has 1 atom stereocenters. The Hall–Kier alpha value is -1.62. The third-order valence-electron chi connectivity index (χ3n) is 2.30. The van der Waals surface area contributed by atoms with Gasteiger partial charge in [0.15, 0.2) is 0 Å². The van der Waals surface area contributed by atoms with Crippen molar-refractivity contribution in [2.24, 2.45) is 11.7 Å². The van der Waals surface area contributed by atoms with Gasteiger partial charge in [-0.15, -0.1) is 0 Å². The third kappa shape index (κ3) is 4.27. The number of carbonyl (C=O) groups is 2. The molecule has 0 rings (SSSR count). The van der Waals surface area contributed by atoms with Gasteiger partial charge in [-0.2, -0.15) is 0 Å². The smallest absolute Gasteiger partial charge is 0.331 e. The molecule has 3 N–H and O–H groups in total. The number of carbonyl (C=O) groups excluding carboxylic acids is 1. The van der Waals surface area contributed by atoms with Crippen molar-refractivity contribution in [2.75, 3.05) is 20.6 Å². The minimum absolute atomic E-state index is 0.0503. The Balaban J connectivity index is 4.77. The van der Waals surface area contributed by atoms with Gasteiger partial charge in [0.2, 0.25) is 5.91 Å². The second-order valence-electron chi connectivity index (χ2n) is 3.86. The van der Waals surface area contributed by atoms with E-state index in [1.807, 2.05) is 19.0 Å². The maximum atomic E-state index is 11.0. The van der Waals surface area contributed by atoms with E-state index < -0.39 is 17.8 Å². The molecule has 0 aromatic carbocycles. The van der Waals surface area contributed by atoms with Gasteiger partial charge >= 0.3 is 5.97 Å². The quantitative estimate of drug-likeness (QED) is 0.609. The van der Waals surface area contributed by atoms with Gasteiger partial charge in [0.25, 0.3) is 0 Å². The van der Waals surface area contributed by atoms with E-state index in [0.717, 1.165) is 0 Å². The molecular weight excluding hydrogens is 208 g/mol. The summed E-state index contributed by atoms with van der Waals surface area (Å²) in [7, 11) is 3.71. The Bertz CT molecular complexity index is 295. The fraction of sp³-hybridized carbons (Fsp3) is 0.455. The van der Waals surface area contributed by atoms with E-state index in [-0.39, 0.29) is 11.1 Å². The largest absolute Gasteiger partial charge is 0.478 e. The van der Waals surface area contributed by atoms with Gasteiger partial charge in [-0.25, -0.2) is 4.79 Å². The molecule has 0 radical (unpaired) electrons. The molecular formula is C11H18N2O3. The zero-order valence-electron chi connectivity index (χ0n) is 9.69. The molecule has 0 bridgehead atoms. The monoisotopic (exact) mass is 226 g/mol. The average Bonchev–Trinajstić information content (AvgIpc) is 2.16. The molecule has 0 spiro atoms. The number of aliphatic carboxylic acids is 1. The lowest BCUT2D eigenvalue weighted by atomic mass is 9.89. The first kappa shape index (κ1) is 14.4. The Morgan fingerprint density at radius 1 is 1.31 bits per heavy atom. The molecule has 0 aromatic heterocycles. The molecule has 0 saturated carbocycles. The molecule has 5 nitrogen and oxygen atoms in total. The summed E-state index contributed by atoms with van der Waals surface area (Å²) in [6.45, 7) is 7.60. The maximum absolute atomic E-state index is 11.0. The van der Waals surface area contributed by atoms with Crippen molar-refractivity contribution in [3.63, 3.8) is 0 Å². The van der Waals surface area contributed by atoms with Crippen molar-refractivity contribution in [3.8, 4) is 0 Å². The highest BCUT2D eigenvalue weighted by molar-refractivity contribution is 5.96. The summed E-state index contributed by atoms with van der Waals surface area (Å²) < 4.78 is 0. The topological polar surface area (TPSA) is 83.6 Å². The van der Waals surface area contributed by atoms with Gasteiger partial charge in [-0.3, -0.25) is 4.79 Å². The number of nitrogens with two attached hydrogens (primary N) is 1. The summed E-state index contributed by atoms with van der Waals surface area (Å²) in [5.74, 6) is -2.42. The van der Waals surface area contributed by atoms with Crippen LogP contribution in [0.5, 0.6) is 0 Å². The second-order valence-corrected chi connectivity index (χ2v) is 3.86. The van der Waals surface area contributed by atoms with Crippen LogP contribution in [0.25, 0.3) is 0 Å².